The van der Waals surface area contributed by atoms with Gasteiger partial charge in [-0.05, 0) is 77.5 Å². The number of rotatable bonds is 2. The van der Waals surface area contributed by atoms with Crippen LogP contribution in [-0.2, 0) is 15.6 Å². The van der Waals surface area contributed by atoms with E-state index in [-0.39, 0.29) is 10.8 Å². The molecule has 1 heterocycles. The highest BCUT2D eigenvalue weighted by Gasteiger charge is 2.39. The molecular formula is C29H32N2O2. The summed E-state index contributed by atoms with van der Waals surface area (Å²) < 4.78 is 0. The first-order valence-corrected chi connectivity index (χ1v) is 11.8. The van der Waals surface area contributed by atoms with Gasteiger partial charge in [-0.3, -0.25) is 0 Å². The summed E-state index contributed by atoms with van der Waals surface area (Å²) in [7, 11) is 2.13. The van der Waals surface area contributed by atoms with Crippen LogP contribution < -0.4 is 4.90 Å². The molecule has 0 fully saturated rings. The van der Waals surface area contributed by atoms with Crippen molar-refractivity contribution in [2.75, 3.05) is 11.9 Å². The molecule has 2 aromatic rings. The first kappa shape index (κ1) is 21.7. The van der Waals surface area contributed by atoms with Crippen molar-refractivity contribution >= 4 is 28.7 Å². The maximum absolute atomic E-state index is 11.5. The van der Waals surface area contributed by atoms with E-state index in [4.69, 9.17) is 4.99 Å². The normalized spacial score (nSPS) is 20.4. The number of carboxylic acid groups (broad SMARTS) is 1. The lowest BCUT2D eigenvalue weighted by Gasteiger charge is -2.43. The number of nitrogens with zero attached hydrogens (tertiary/aromatic N) is 2. The van der Waals surface area contributed by atoms with Crippen LogP contribution in [0.3, 0.4) is 0 Å². The van der Waals surface area contributed by atoms with Gasteiger partial charge >= 0.3 is 5.97 Å². The summed E-state index contributed by atoms with van der Waals surface area (Å²) in [5.41, 5.74) is 9.89. The van der Waals surface area contributed by atoms with E-state index in [0.29, 0.717) is 18.4 Å². The fraction of sp³-hybridized carbons (Fsp3) is 0.379. The van der Waals surface area contributed by atoms with Crippen molar-refractivity contribution in [2.24, 2.45) is 4.99 Å². The smallest absolute Gasteiger partial charge is 0.331 e. The van der Waals surface area contributed by atoms with Gasteiger partial charge in [-0.2, -0.15) is 0 Å². The van der Waals surface area contributed by atoms with Crippen LogP contribution in [0.4, 0.5) is 17.1 Å². The third-order valence-corrected chi connectivity index (χ3v) is 7.79. The zero-order valence-corrected chi connectivity index (χ0v) is 20.2. The molecule has 4 nitrogen and oxygen atoms in total. The van der Waals surface area contributed by atoms with Gasteiger partial charge in [0.1, 0.15) is 0 Å². The van der Waals surface area contributed by atoms with E-state index >= 15 is 0 Å². The average Bonchev–Trinajstić information content (AvgIpc) is 2.91. The van der Waals surface area contributed by atoms with Crippen LogP contribution in [-0.4, -0.2) is 23.8 Å². The minimum Gasteiger partial charge on any atom is -0.478 e. The highest BCUT2D eigenvalue weighted by molar-refractivity contribution is 6.19. The summed E-state index contributed by atoms with van der Waals surface area (Å²) in [5.74, 6) is -0.836. The van der Waals surface area contributed by atoms with Gasteiger partial charge in [0.05, 0.1) is 22.8 Å². The number of fused-ring (bicyclic) bond motifs is 3. The third-order valence-electron chi connectivity index (χ3n) is 7.79. The molecule has 0 saturated carbocycles. The number of benzene rings is 2. The lowest BCUT2D eigenvalue weighted by Crippen LogP contribution is -2.34. The molecule has 0 saturated heterocycles. The number of hydrogen-bond acceptors (Lipinski definition) is 3. The Morgan fingerprint density at radius 3 is 2.24 bits per heavy atom. The molecule has 4 heteroatoms. The Balaban J connectivity index is 1.79. The summed E-state index contributed by atoms with van der Waals surface area (Å²) in [5, 5.41) is 9.41. The maximum atomic E-state index is 11.5. The van der Waals surface area contributed by atoms with Gasteiger partial charge in [0.25, 0.3) is 0 Å². The topological polar surface area (TPSA) is 52.9 Å². The number of hydrogen-bond donors (Lipinski definition) is 1. The molecule has 0 bridgehead atoms. The highest BCUT2D eigenvalue weighted by Crippen LogP contribution is 2.50. The van der Waals surface area contributed by atoms with Crippen molar-refractivity contribution in [3.8, 4) is 0 Å². The van der Waals surface area contributed by atoms with Crippen molar-refractivity contribution in [3.05, 3.63) is 76.4 Å². The van der Waals surface area contributed by atoms with Crippen LogP contribution in [0.1, 0.15) is 70.1 Å². The number of carboxylic acids is 1. The van der Waals surface area contributed by atoms with Crippen molar-refractivity contribution in [1.29, 1.82) is 0 Å². The molecule has 5 rings (SSSR count). The van der Waals surface area contributed by atoms with Crippen molar-refractivity contribution in [2.45, 2.75) is 64.2 Å². The van der Waals surface area contributed by atoms with Gasteiger partial charge < -0.3 is 10.0 Å². The van der Waals surface area contributed by atoms with E-state index < -0.39 is 5.97 Å². The SMILES string of the molecule is CN1c2ccccc2N=C(C2=CC=C(C(=O)O)CC2)c2cc3c(cc21)C(C)(C)CCC3(C)C. The first-order valence-electron chi connectivity index (χ1n) is 11.8. The average molecular weight is 441 g/mol. The minimum atomic E-state index is -0.836. The summed E-state index contributed by atoms with van der Waals surface area (Å²) in [6.45, 7) is 9.41. The largest absolute Gasteiger partial charge is 0.478 e. The Kier molecular flexibility index (Phi) is 4.89. The minimum absolute atomic E-state index is 0.0973. The summed E-state index contributed by atoms with van der Waals surface area (Å²) >= 11 is 0. The van der Waals surface area contributed by atoms with Crippen LogP contribution in [0, 0.1) is 0 Å². The number of allylic oxidation sites excluding steroid dienone is 3. The van der Waals surface area contributed by atoms with E-state index in [1.54, 1.807) is 6.08 Å². The summed E-state index contributed by atoms with van der Waals surface area (Å²) in [4.78, 5) is 18.9. The third kappa shape index (κ3) is 3.52. The summed E-state index contributed by atoms with van der Waals surface area (Å²) in [6, 6.07) is 13.0. The second kappa shape index (κ2) is 7.44. The van der Waals surface area contributed by atoms with Gasteiger partial charge in [-0.1, -0.05) is 52.0 Å². The Morgan fingerprint density at radius 2 is 1.61 bits per heavy atom. The molecule has 0 atom stereocenters. The number of aliphatic imine (C=N–C) groups is 1. The van der Waals surface area contributed by atoms with Crippen LogP contribution in [0.15, 0.2) is 64.7 Å². The number of carbonyl (C=O) groups is 1. The van der Waals surface area contributed by atoms with Gasteiger partial charge in [-0.15, -0.1) is 0 Å². The Bertz CT molecular complexity index is 1260. The quantitative estimate of drug-likeness (QED) is 0.549. The molecular weight excluding hydrogens is 408 g/mol. The van der Waals surface area contributed by atoms with E-state index in [1.165, 1.54) is 17.5 Å². The fourth-order valence-electron chi connectivity index (χ4n) is 5.48. The molecule has 0 spiro atoms. The predicted octanol–water partition coefficient (Wildman–Crippen LogP) is 6.97. The monoisotopic (exact) mass is 440 g/mol. The second-order valence-corrected chi connectivity index (χ2v) is 10.9. The lowest BCUT2D eigenvalue weighted by atomic mass is 9.62. The Morgan fingerprint density at radius 1 is 0.939 bits per heavy atom. The van der Waals surface area contributed by atoms with E-state index in [9.17, 15) is 9.90 Å². The molecule has 1 aliphatic heterocycles. The number of aliphatic carboxylic acids is 1. The summed E-state index contributed by atoms with van der Waals surface area (Å²) in [6.07, 6.45) is 7.22. The molecule has 170 valence electrons. The number of para-hydroxylation sites is 2. The lowest BCUT2D eigenvalue weighted by molar-refractivity contribution is -0.132. The van der Waals surface area contributed by atoms with Gasteiger partial charge in [-0.25, -0.2) is 9.79 Å². The van der Waals surface area contributed by atoms with E-state index in [0.717, 1.165) is 40.3 Å². The highest BCUT2D eigenvalue weighted by atomic mass is 16.4. The fourth-order valence-corrected chi connectivity index (χ4v) is 5.48. The predicted molar refractivity (Wildman–Crippen MR) is 135 cm³/mol. The molecule has 0 aromatic heterocycles. The van der Waals surface area contributed by atoms with Crippen molar-refractivity contribution < 1.29 is 9.90 Å². The standard InChI is InChI=1S/C29H32N2O2/c1-28(2)14-15-29(3,4)22-17-25-20(16-21(22)28)26(18-10-12-19(13-11-18)27(32)33)30-23-8-6-7-9-24(23)31(25)5/h6-10,12,16-17H,11,13-15H2,1-5H3,(H,32,33). The molecule has 33 heavy (non-hydrogen) atoms. The second-order valence-electron chi connectivity index (χ2n) is 10.9. The van der Waals surface area contributed by atoms with Gasteiger partial charge in [0, 0.05) is 18.2 Å². The molecule has 2 aromatic carbocycles. The van der Waals surface area contributed by atoms with Crippen molar-refractivity contribution in [1.82, 2.24) is 0 Å². The van der Waals surface area contributed by atoms with E-state index in [2.05, 4.69) is 70.0 Å². The maximum Gasteiger partial charge on any atom is 0.331 e. The molecule has 3 aliphatic rings. The Hall–Kier alpha value is -3.14. The molecule has 0 amide bonds. The van der Waals surface area contributed by atoms with Gasteiger partial charge in [0.15, 0.2) is 0 Å². The van der Waals surface area contributed by atoms with Gasteiger partial charge in [0.2, 0.25) is 0 Å². The molecule has 1 N–H and O–H groups in total. The molecule has 0 unspecified atom stereocenters. The molecule has 2 aliphatic carbocycles. The Labute approximate surface area is 196 Å². The van der Waals surface area contributed by atoms with E-state index in [1.807, 2.05) is 12.1 Å². The number of anilines is 2. The van der Waals surface area contributed by atoms with Crippen LogP contribution in [0.2, 0.25) is 0 Å². The molecule has 0 radical (unpaired) electrons. The van der Waals surface area contributed by atoms with Crippen molar-refractivity contribution in [3.63, 3.8) is 0 Å². The van der Waals surface area contributed by atoms with Crippen LogP contribution in [0.25, 0.3) is 0 Å². The van der Waals surface area contributed by atoms with Crippen LogP contribution >= 0.6 is 0 Å². The first-order chi connectivity index (χ1) is 15.6. The van der Waals surface area contributed by atoms with Crippen LogP contribution in [0.5, 0.6) is 0 Å². The zero-order valence-electron chi connectivity index (χ0n) is 20.2. The zero-order chi connectivity index (χ0) is 23.5.